The van der Waals surface area contributed by atoms with Crippen LogP contribution >= 0.6 is 0 Å². The predicted octanol–water partition coefficient (Wildman–Crippen LogP) is 6.68. The van der Waals surface area contributed by atoms with Crippen LogP contribution < -0.4 is 19.1 Å². The number of aliphatic hydroxyl groups excluding tert-OH is 1. The van der Waals surface area contributed by atoms with Crippen LogP contribution in [-0.4, -0.2) is 36.6 Å². The summed E-state index contributed by atoms with van der Waals surface area (Å²) in [6.07, 6.45) is 3.16. The maximum Gasteiger partial charge on any atom is 0.300 e. The number of carbonyl (C=O) groups is 2. The van der Waals surface area contributed by atoms with Gasteiger partial charge in [0.1, 0.15) is 23.0 Å². The molecular weight excluding hydrogens is 494 g/mol. The summed E-state index contributed by atoms with van der Waals surface area (Å²) in [4.78, 5) is 28.3. The van der Waals surface area contributed by atoms with Gasteiger partial charge in [-0.05, 0) is 86.5 Å². The van der Waals surface area contributed by atoms with Gasteiger partial charge in [-0.2, -0.15) is 0 Å². The molecule has 3 aromatic rings. The number of hydrogen-bond acceptors (Lipinski definition) is 6. The van der Waals surface area contributed by atoms with Crippen LogP contribution in [0.3, 0.4) is 0 Å². The summed E-state index contributed by atoms with van der Waals surface area (Å²) in [5.41, 5.74) is 1.57. The number of nitrogens with zero attached hydrogens (tertiary/aromatic N) is 1. The van der Waals surface area contributed by atoms with Crippen LogP contribution in [0.15, 0.2) is 78.4 Å². The van der Waals surface area contributed by atoms with Crippen molar-refractivity contribution in [1.29, 1.82) is 0 Å². The molecule has 204 valence electrons. The second-order valence-corrected chi connectivity index (χ2v) is 9.69. The molecule has 1 heterocycles. The largest absolute Gasteiger partial charge is 0.507 e. The van der Waals surface area contributed by atoms with Gasteiger partial charge in [0.15, 0.2) is 0 Å². The summed E-state index contributed by atoms with van der Waals surface area (Å²) < 4.78 is 16.9. The quantitative estimate of drug-likeness (QED) is 0.129. The Morgan fingerprint density at radius 3 is 2.26 bits per heavy atom. The zero-order chi connectivity index (χ0) is 27.9. The summed E-state index contributed by atoms with van der Waals surface area (Å²) in [7, 11) is 1.55. The molecule has 39 heavy (non-hydrogen) atoms. The van der Waals surface area contributed by atoms with E-state index in [1.54, 1.807) is 73.8 Å². The normalized spacial score (nSPS) is 16.5. The lowest BCUT2D eigenvalue weighted by molar-refractivity contribution is -0.132. The van der Waals surface area contributed by atoms with E-state index in [1.165, 1.54) is 4.90 Å². The van der Waals surface area contributed by atoms with E-state index in [0.29, 0.717) is 40.7 Å². The first-order valence-corrected chi connectivity index (χ1v) is 13.3. The molecule has 0 radical (unpaired) electrons. The molecule has 0 aliphatic carbocycles. The second kappa shape index (κ2) is 12.5. The molecule has 0 bridgehead atoms. The van der Waals surface area contributed by atoms with Crippen molar-refractivity contribution in [2.45, 2.75) is 52.2 Å². The lowest BCUT2D eigenvalue weighted by Gasteiger charge is -2.26. The van der Waals surface area contributed by atoms with Crippen molar-refractivity contribution in [1.82, 2.24) is 0 Å². The number of ketones is 1. The molecule has 7 nitrogen and oxygen atoms in total. The number of methoxy groups -OCH3 is 1. The van der Waals surface area contributed by atoms with Gasteiger partial charge < -0.3 is 19.3 Å². The molecule has 3 aromatic carbocycles. The molecule has 0 saturated carbocycles. The Morgan fingerprint density at radius 1 is 0.923 bits per heavy atom. The maximum absolute atomic E-state index is 13.4. The molecule has 1 fully saturated rings. The number of Topliss-reactive ketones (excluding diaryl/α,β-unsaturated/α-hetero) is 1. The number of carbonyl (C=O) groups excluding carboxylic acids is 2. The summed E-state index contributed by atoms with van der Waals surface area (Å²) in [6, 6.07) is 20.2. The Hall–Kier alpha value is -4.26. The van der Waals surface area contributed by atoms with E-state index < -0.39 is 17.7 Å². The summed E-state index contributed by atoms with van der Waals surface area (Å²) in [5, 5.41) is 11.4. The van der Waals surface area contributed by atoms with E-state index in [1.807, 2.05) is 19.9 Å². The number of ether oxygens (including phenoxy) is 3. The van der Waals surface area contributed by atoms with Crippen LogP contribution in [0, 0.1) is 0 Å². The maximum atomic E-state index is 13.4. The van der Waals surface area contributed by atoms with E-state index in [2.05, 4.69) is 6.92 Å². The number of rotatable bonds is 11. The first-order chi connectivity index (χ1) is 18.8. The minimum atomic E-state index is -0.859. The summed E-state index contributed by atoms with van der Waals surface area (Å²) in [6.45, 7) is 6.61. The topological polar surface area (TPSA) is 85.3 Å². The predicted molar refractivity (Wildman–Crippen MR) is 151 cm³/mol. The zero-order valence-electron chi connectivity index (χ0n) is 22.8. The smallest absolute Gasteiger partial charge is 0.300 e. The highest BCUT2D eigenvalue weighted by atomic mass is 16.5. The molecule has 1 unspecified atom stereocenters. The van der Waals surface area contributed by atoms with Crippen LogP contribution in [0.1, 0.15) is 57.2 Å². The van der Waals surface area contributed by atoms with Crippen molar-refractivity contribution < 1.29 is 28.9 Å². The Kier molecular flexibility index (Phi) is 8.92. The number of unbranched alkanes of at least 4 members (excludes halogenated alkanes) is 2. The van der Waals surface area contributed by atoms with Gasteiger partial charge in [-0.3, -0.25) is 14.5 Å². The Labute approximate surface area is 229 Å². The van der Waals surface area contributed by atoms with Gasteiger partial charge in [-0.25, -0.2) is 0 Å². The lowest BCUT2D eigenvalue weighted by atomic mass is 9.95. The van der Waals surface area contributed by atoms with Gasteiger partial charge in [0.2, 0.25) is 0 Å². The van der Waals surface area contributed by atoms with Gasteiger partial charge in [-0.1, -0.05) is 31.9 Å². The molecule has 1 N–H and O–H groups in total. The standard InChI is InChI=1S/C32H35NO6/c1-5-6-7-19-38-25-15-11-22(12-16-25)30(34)28-29(23-9-8-10-27(20-23)37-4)33(32(36)31(28)35)24-13-17-26(18-14-24)39-21(2)3/h8-18,20-21,29,34H,5-7,19H2,1-4H3/b30-28-. The van der Waals surface area contributed by atoms with Crippen LogP contribution in [0.25, 0.3) is 5.76 Å². The zero-order valence-corrected chi connectivity index (χ0v) is 22.8. The number of anilines is 1. The minimum absolute atomic E-state index is 0.00464. The highest BCUT2D eigenvalue weighted by Gasteiger charge is 2.47. The van der Waals surface area contributed by atoms with E-state index in [-0.39, 0.29) is 17.4 Å². The van der Waals surface area contributed by atoms with Gasteiger partial charge >= 0.3 is 0 Å². The van der Waals surface area contributed by atoms with Crippen molar-refractivity contribution in [2.24, 2.45) is 0 Å². The van der Waals surface area contributed by atoms with Crippen molar-refractivity contribution >= 4 is 23.1 Å². The molecule has 1 aliphatic heterocycles. The SMILES string of the molecule is CCCCCOc1ccc(/C(O)=C2/C(=O)C(=O)N(c3ccc(OC(C)C)cc3)C2c2cccc(OC)c2)cc1. The van der Waals surface area contributed by atoms with Crippen LogP contribution in [0.5, 0.6) is 17.2 Å². The van der Waals surface area contributed by atoms with E-state index in [0.717, 1.165) is 19.3 Å². The summed E-state index contributed by atoms with van der Waals surface area (Å²) >= 11 is 0. The van der Waals surface area contributed by atoms with Gasteiger partial charge in [-0.15, -0.1) is 0 Å². The van der Waals surface area contributed by atoms with Gasteiger partial charge in [0.05, 0.1) is 31.4 Å². The van der Waals surface area contributed by atoms with E-state index in [9.17, 15) is 14.7 Å². The van der Waals surface area contributed by atoms with Crippen LogP contribution in [0.2, 0.25) is 0 Å². The third-order valence-corrected chi connectivity index (χ3v) is 6.49. The molecule has 0 spiro atoms. The Balaban J connectivity index is 1.75. The van der Waals surface area contributed by atoms with Gasteiger partial charge in [0, 0.05) is 11.3 Å². The fourth-order valence-corrected chi connectivity index (χ4v) is 4.59. The number of benzene rings is 3. The van der Waals surface area contributed by atoms with Crippen molar-refractivity contribution in [3.63, 3.8) is 0 Å². The van der Waals surface area contributed by atoms with Crippen molar-refractivity contribution in [3.8, 4) is 17.2 Å². The van der Waals surface area contributed by atoms with Crippen molar-refractivity contribution in [2.75, 3.05) is 18.6 Å². The molecule has 7 heteroatoms. The van der Waals surface area contributed by atoms with Gasteiger partial charge in [0.25, 0.3) is 11.7 Å². The molecule has 1 aliphatic rings. The molecule has 4 rings (SSSR count). The molecule has 1 saturated heterocycles. The van der Waals surface area contributed by atoms with Crippen molar-refractivity contribution in [3.05, 3.63) is 89.5 Å². The third kappa shape index (κ3) is 6.25. The molecule has 0 aromatic heterocycles. The highest BCUT2D eigenvalue weighted by Crippen LogP contribution is 2.43. The number of aliphatic hydroxyl groups is 1. The fraction of sp³-hybridized carbons (Fsp3) is 0.312. The number of amides is 1. The summed E-state index contributed by atoms with van der Waals surface area (Å²) in [5.74, 6) is 0.168. The monoisotopic (exact) mass is 529 g/mol. The fourth-order valence-electron chi connectivity index (χ4n) is 4.59. The molecule has 1 atom stereocenters. The Bertz CT molecular complexity index is 1330. The van der Waals surface area contributed by atoms with Crippen LogP contribution in [-0.2, 0) is 9.59 Å². The average molecular weight is 530 g/mol. The molecular formula is C32H35NO6. The Morgan fingerprint density at radius 2 is 1.62 bits per heavy atom. The number of hydrogen-bond donors (Lipinski definition) is 1. The highest BCUT2D eigenvalue weighted by molar-refractivity contribution is 6.51. The first kappa shape index (κ1) is 27.8. The average Bonchev–Trinajstić information content (AvgIpc) is 3.21. The lowest BCUT2D eigenvalue weighted by Crippen LogP contribution is -2.29. The third-order valence-electron chi connectivity index (χ3n) is 6.49. The minimum Gasteiger partial charge on any atom is -0.507 e. The first-order valence-electron chi connectivity index (χ1n) is 13.3. The van der Waals surface area contributed by atoms with E-state index in [4.69, 9.17) is 14.2 Å². The second-order valence-electron chi connectivity index (χ2n) is 9.69. The molecule has 1 amide bonds. The van der Waals surface area contributed by atoms with Crippen LogP contribution in [0.4, 0.5) is 5.69 Å². The van der Waals surface area contributed by atoms with E-state index >= 15 is 0 Å².